The Kier molecular flexibility index (Phi) is 4.78. The summed E-state index contributed by atoms with van der Waals surface area (Å²) in [6.45, 7) is 7.11. The molecule has 1 amide bonds. The van der Waals surface area contributed by atoms with Crippen molar-refractivity contribution in [3.63, 3.8) is 0 Å². The first kappa shape index (κ1) is 17.2. The molecule has 2 heterocycles. The van der Waals surface area contributed by atoms with Gasteiger partial charge >= 0.3 is 0 Å². The molecule has 128 valence electrons. The third kappa shape index (κ3) is 3.70. The summed E-state index contributed by atoms with van der Waals surface area (Å²) < 4.78 is 0. The monoisotopic (exact) mass is 364 g/mol. The maximum absolute atomic E-state index is 12.7. The molecule has 1 saturated heterocycles. The summed E-state index contributed by atoms with van der Waals surface area (Å²) in [5, 5.41) is 13.4. The summed E-state index contributed by atoms with van der Waals surface area (Å²) in [6.07, 6.45) is 1.82. The Bertz CT molecular complexity index is 723. The lowest BCUT2D eigenvalue weighted by Crippen LogP contribution is -2.39. The Balaban J connectivity index is 1.72. The van der Waals surface area contributed by atoms with Crippen molar-refractivity contribution in [3.05, 3.63) is 34.3 Å². The van der Waals surface area contributed by atoms with Crippen molar-refractivity contribution >= 4 is 39.7 Å². The van der Waals surface area contributed by atoms with E-state index in [0.29, 0.717) is 10.2 Å². The van der Waals surface area contributed by atoms with Crippen molar-refractivity contribution in [1.82, 2.24) is 10.2 Å². The number of amides is 1. The second kappa shape index (κ2) is 6.69. The van der Waals surface area contributed by atoms with Gasteiger partial charge in [0.05, 0.1) is 0 Å². The van der Waals surface area contributed by atoms with E-state index in [1.807, 2.05) is 24.3 Å². The fraction of sp³-hybridized carbons (Fsp3) is 0.471. The van der Waals surface area contributed by atoms with Crippen LogP contribution in [0.15, 0.2) is 24.3 Å². The van der Waals surface area contributed by atoms with Gasteiger partial charge in [-0.1, -0.05) is 43.7 Å². The van der Waals surface area contributed by atoms with Crippen LogP contribution in [0.1, 0.15) is 38.6 Å². The number of nitrogens with one attached hydrogen (secondary N) is 1. The number of carbonyl (C=O) groups excluding carboxylic acids is 1. The maximum Gasteiger partial charge on any atom is 0.248 e. The molecule has 1 unspecified atom stereocenters. The molecule has 1 N–H and O–H groups in total. The van der Waals surface area contributed by atoms with E-state index in [-0.39, 0.29) is 17.4 Å². The standard InChI is InChI=1S/C17H21ClN4OS/c1-17(2,3)15-20-21-16(24-15)19-14(23)13-5-4-10-22(13)12-8-6-11(18)7-9-12/h6-9,13H,4-5,10H2,1-3H3,(H,19,21,23). The van der Waals surface area contributed by atoms with Crippen molar-refractivity contribution in [2.75, 3.05) is 16.8 Å². The highest BCUT2D eigenvalue weighted by molar-refractivity contribution is 7.15. The second-order valence-corrected chi connectivity index (χ2v) is 8.39. The summed E-state index contributed by atoms with van der Waals surface area (Å²) >= 11 is 7.39. The van der Waals surface area contributed by atoms with Gasteiger partial charge in [0.2, 0.25) is 11.0 Å². The minimum atomic E-state index is -0.187. The smallest absolute Gasteiger partial charge is 0.248 e. The number of aromatic nitrogens is 2. The third-order valence-electron chi connectivity index (χ3n) is 4.01. The Morgan fingerprint density at radius 3 is 2.62 bits per heavy atom. The van der Waals surface area contributed by atoms with Crippen molar-refractivity contribution in [3.8, 4) is 0 Å². The van der Waals surface area contributed by atoms with Crippen molar-refractivity contribution in [1.29, 1.82) is 0 Å². The van der Waals surface area contributed by atoms with Gasteiger partial charge < -0.3 is 4.90 Å². The zero-order valence-corrected chi connectivity index (χ0v) is 15.6. The molecular weight excluding hydrogens is 344 g/mol. The lowest BCUT2D eigenvalue weighted by molar-refractivity contribution is -0.117. The molecule has 1 aromatic carbocycles. The number of nitrogens with zero attached hydrogens (tertiary/aromatic N) is 3. The van der Waals surface area contributed by atoms with Gasteiger partial charge in [0.15, 0.2) is 0 Å². The van der Waals surface area contributed by atoms with Gasteiger partial charge in [-0.3, -0.25) is 10.1 Å². The third-order valence-corrected chi connectivity index (χ3v) is 5.53. The highest BCUT2D eigenvalue weighted by Gasteiger charge is 2.31. The molecular formula is C17H21ClN4OS. The minimum Gasteiger partial charge on any atom is -0.360 e. The Morgan fingerprint density at radius 2 is 2.00 bits per heavy atom. The van der Waals surface area contributed by atoms with Crippen LogP contribution < -0.4 is 10.2 Å². The van der Waals surface area contributed by atoms with Crippen molar-refractivity contribution < 1.29 is 4.79 Å². The van der Waals surface area contributed by atoms with Gasteiger partial charge in [-0.15, -0.1) is 10.2 Å². The summed E-state index contributed by atoms with van der Waals surface area (Å²) in [5.41, 5.74) is 0.952. The molecule has 1 aromatic heterocycles. The Morgan fingerprint density at radius 1 is 1.29 bits per heavy atom. The molecule has 3 rings (SSSR count). The summed E-state index contributed by atoms with van der Waals surface area (Å²) in [5.74, 6) is -0.0286. The van der Waals surface area contributed by atoms with E-state index in [2.05, 4.69) is 41.2 Å². The highest BCUT2D eigenvalue weighted by atomic mass is 35.5. The molecule has 0 aliphatic carbocycles. The van der Waals surface area contributed by atoms with Gasteiger partial charge in [-0.05, 0) is 37.1 Å². The predicted molar refractivity (Wildman–Crippen MR) is 99.1 cm³/mol. The normalized spacial score (nSPS) is 18.0. The number of rotatable bonds is 3. The van der Waals surface area contributed by atoms with Crippen LogP contribution >= 0.6 is 22.9 Å². The number of benzene rings is 1. The average molecular weight is 365 g/mol. The topological polar surface area (TPSA) is 58.1 Å². The van der Waals surface area contributed by atoms with Crippen LogP contribution in [0.25, 0.3) is 0 Å². The van der Waals surface area contributed by atoms with E-state index in [1.165, 1.54) is 11.3 Å². The van der Waals surface area contributed by atoms with E-state index in [0.717, 1.165) is 30.1 Å². The SMILES string of the molecule is CC(C)(C)c1nnc(NC(=O)C2CCCN2c2ccc(Cl)cc2)s1. The number of anilines is 2. The Labute approximate surface area is 151 Å². The molecule has 7 heteroatoms. The van der Waals surface area contributed by atoms with E-state index >= 15 is 0 Å². The fourth-order valence-electron chi connectivity index (χ4n) is 2.75. The molecule has 5 nitrogen and oxygen atoms in total. The van der Waals surface area contributed by atoms with Crippen molar-refractivity contribution in [2.45, 2.75) is 45.1 Å². The van der Waals surface area contributed by atoms with E-state index in [4.69, 9.17) is 11.6 Å². The van der Waals surface area contributed by atoms with E-state index < -0.39 is 0 Å². The summed E-state index contributed by atoms with van der Waals surface area (Å²) in [7, 11) is 0. The second-order valence-electron chi connectivity index (χ2n) is 6.98. The minimum absolute atomic E-state index is 0.0286. The molecule has 1 aliphatic rings. The molecule has 0 bridgehead atoms. The number of carbonyl (C=O) groups is 1. The fourth-order valence-corrected chi connectivity index (χ4v) is 3.68. The molecule has 1 fully saturated rings. The van der Waals surface area contributed by atoms with Gasteiger partial charge in [0.1, 0.15) is 11.0 Å². The highest BCUT2D eigenvalue weighted by Crippen LogP contribution is 2.30. The van der Waals surface area contributed by atoms with Gasteiger partial charge in [-0.25, -0.2) is 0 Å². The van der Waals surface area contributed by atoms with Crippen LogP contribution in [0.5, 0.6) is 0 Å². The number of hydrogen-bond acceptors (Lipinski definition) is 5. The van der Waals surface area contributed by atoms with Crippen LogP contribution in [0, 0.1) is 0 Å². The predicted octanol–water partition coefficient (Wildman–Crippen LogP) is 4.10. The molecule has 24 heavy (non-hydrogen) atoms. The van der Waals surface area contributed by atoms with Crippen LogP contribution in [-0.4, -0.2) is 28.7 Å². The molecule has 2 aromatic rings. The zero-order chi connectivity index (χ0) is 17.3. The summed E-state index contributed by atoms with van der Waals surface area (Å²) in [4.78, 5) is 14.8. The van der Waals surface area contributed by atoms with Crippen LogP contribution in [0.4, 0.5) is 10.8 Å². The van der Waals surface area contributed by atoms with Crippen molar-refractivity contribution in [2.24, 2.45) is 0 Å². The maximum atomic E-state index is 12.7. The van der Waals surface area contributed by atoms with Gasteiger partial charge in [0, 0.05) is 22.7 Å². The first-order valence-electron chi connectivity index (χ1n) is 8.01. The summed E-state index contributed by atoms with van der Waals surface area (Å²) in [6, 6.07) is 7.43. The van der Waals surface area contributed by atoms with Gasteiger partial charge in [0.25, 0.3) is 0 Å². The van der Waals surface area contributed by atoms with Crippen LogP contribution in [-0.2, 0) is 10.2 Å². The van der Waals surface area contributed by atoms with Gasteiger partial charge in [-0.2, -0.15) is 0 Å². The lowest BCUT2D eigenvalue weighted by atomic mass is 9.98. The van der Waals surface area contributed by atoms with Crippen LogP contribution in [0.2, 0.25) is 5.02 Å². The molecule has 1 aliphatic heterocycles. The molecule has 0 spiro atoms. The zero-order valence-electron chi connectivity index (χ0n) is 14.0. The number of hydrogen-bond donors (Lipinski definition) is 1. The molecule has 0 saturated carbocycles. The van der Waals surface area contributed by atoms with Crippen LogP contribution in [0.3, 0.4) is 0 Å². The Hall–Kier alpha value is -1.66. The quantitative estimate of drug-likeness (QED) is 0.890. The first-order valence-corrected chi connectivity index (χ1v) is 9.21. The first-order chi connectivity index (χ1) is 11.3. The molecule has 0 radical (unpaired) electrons. The average Bonchev–Trinajstić information content (AvgIpc) is 3.16. The van der Waals surface area contributed by atoms with E-state index in [1.54, 1.807) is 0 Å². The molecule has 1 atom stereocenters. The largest absolute Gasteiger partial charge is 0.360 e. The van der Waals surface area contributed by atoms with E-state index in [9.17, 15) is 4.79 Å². The lowest BCUT2D eigenvalue weighted by Gasteiger charge is -2.25. The number of halogens is 1.